The SMILES string of the molecule is CCCCN(C)C(=O)c1cccc(S(=O)(=O)NCCOC)c1. The van der Waals surface area contributed by atoms with Gasteiger partial charge in [-0.3, -0.25) is 4.79 Å². The molecule has 6 nitrogen and oxygen atoms in total. The average Bonchev–Trinajstić information content (AvgIpc) is 2.52. The summed E-state index contributed by atoms with van der Waals surface area (Å²) in [6.07, 6.45) is 1.91. The zero-order chi connectivity index (χ0) is 16.6. The minimum atomic E-state index is -3.63. The van der Waals surface area contributed by atoms with Crippen LogP contribution in [0.3, 0.4) is 0 Å². The second-order valence-corrected chi connectivity index (χ2v) is 6.77. The fourth-order valence-corrected chi connectivity index (χ4v) is 2.93. The molecule has 0 bridgehead atoms. The molecule has 1 aromatic rings. The number of nitrogens with one attached hydrogen (secondary N) is 1. The van der Waals surface area contributed by atoms with Crippen LogP contribution in [0.2, 0.25) is 0 Å². The van der Waals surface area contributed by atoms with Gasteiger partial charge in [0.15, 0.2) is 0 Å². The van der Waals surface area contributed by atoms with Crippen molar-refractivity contribution in [1.82, 2.24) is 9.62 Å². The molecule has 0 saturated heterocycles. The van der Waals surface area contributed by atoms with Crippen molar-refractivity contribution in [3.05, 3.63) is 29.8 Å². The maximum atomic E-state index is 12.3. The molecule has 0 aliphatic rings. The number of sulfonamides is 1. The zero-order valence-electron chi connectivity index (χ0n) is 13.3. The van der Waals surface area contributed by atoms with Crippen LogP contribution in [0.1, 0.15) is 30.1 Å². The van der Waals surface area contributed by atoms with Gasteiger partial charge in [-0.15, -0.1) is 0 Å². The Kier molecular flexibility index (Phi) is 7.50. The summed E-state index contributed by atoms with van der Waals surface area (Å²) in [6.45, 7) is 3.18. The molecule has 1 rings (SSSR count). The summed E-state index contributed by atoms with van der Waals surface area (Å²) in [7, 11) is -0.414. The van der Waals surface area contributed by atoms with Gasteiger partial charge in [-0.25, -0.2) is 13.1 Å². The topological polar surface area (TPSA) is 75.7 Å². The number of benzene rings is 1. The molecule has 0 aromatic heterocycles. The molecule has 0 fully saturated rings. The first-order chi connectivity index (χ1) is 10.4. The third-order valence-corrected chi connectivity index (χ3v) is 4.64. The molecule has 0 aliphatic carbocycles. The molecular weight excluding hydrogens is 304 g/mol. The van der Waals surface area contributed by atoms with E-state index in [2.05, 4.69) is 11.6 Å². The predicted molar refractivity (Wildman–Crippen MR) is 85.4 cm³/mol. The van der Waals surface area contributed by atoms with Gasteiger partial charge in [0.25, 0.3) is 5.91 Å². The van der Waals surface area contributed by atoms with Crippen LogP contribution in [0.5, 0.6) is 0 Å². The van der Waals surface area contributed by atoms with Crippen LogP contribution in [-0.2, 0) is 14.8 Å². The molecule has 22 heavy (non-hydrogen) atoms. The maximum absolute atomic E-state index is 12.3. The Balaban J connectivity index is 2.87. The van der Waals surface area contributed by atoms with Gasteiger partial charge >= 0.3 is 0 Å². The molecule has 124 valence electrons. The summed E-state index contributed by atoms with van der Waals surface area (Å²) in [6, 6.07) is 6.07. The van der Waals surface area contributed by atoms with Crippen molar-refractivity contribution in [2.24, 2.45) is 0 Å². The Morgan fingerprint density at radius 1 is 1.36 bits per heavy atom. The normalized spacial score (nSPS) is 11.4. The molecule has 0 atom stereocenters. The lowest BCUT2D eigenvalue weighted by Gasteiger charge is -2.17. The number of carbonyl (C=O) groups excluding carboxylic acids is 1. The minimum Gasteiger partial charge on any atom is -0.383 e. The minimum absolute atomic E-state index is 0.0818. The van der Waals surface area contributed by atoms with Crippen LogP contribution >= 0.6 is 0 Å². The van der Waals surface area contributed by atoms with Crippen LogP contribution in [-0.4, -0.2) is 53.1 Å². The largest absolute Gasteiger partial charge is 0.383 e. The van der Waals surface area contributed by atoms with E-state index in [4.69, 9.17) is 4.74 Å². The van der Waals surface area contributed by atoms with Gasteiger partial charge in [0, 0.05) is 32.8 Å². The predicted octanol–water partition coefficient (Wildman–Crippen LogP) is 1.48. The highest BCUT2D eigenvalue weighted by Gasteiger charge is 2.17. The number of hydrogen-bond donors (Lipinski definition) is 1. The van der Waals surface area contributed by atoms with E-state index in [1.807, 2.05) is 0 Å². The highest BCUT2D eigenvalue weighted by molar-refractivity contribution is 7.89. The quantitative estimate of drug-likeness (QED) is 0.697. The van der Waals surface area contributed by atoms with Crippen LogP contribution in [0.25, 0.3) is 0 Å². The Bertz CT molecular complexity index is 587. The molecule has 7 heteroatoms. The second kappa shape index (κ2) is 8.87. The lowest BCUT2D eigenvalue weighted by molar-refractivity contribution is 0.0793. The molecule has 1 aromatic carbocycles. The summed E-state index contributed by atoms with van der Waals surface area (Å²) >= 11 is 0. The number of ether oxygens (including phenoxy) is 1. The molecular formula is C15H24N2O4S. The van der Waals surface area contributed by atoms with Crippen LogP contribution in [0.15, 0.2) is 29.2 Å². The van der Waals surface area contributed by atoms with Gasteiger partial charge in [-0.2, -0.15) is 0 Å². The molecule has 0 spiro atoms. The molecule has 0 radical (unpaired) electrons. The number of methoxy groups -OCH3 is 1. The number of amides is 1. The molecule has 0 unspecified atom stereocenters. The van der Waals surface area contributed by atoms with Crippen molar-refractivity contribution in [2.45, 2.75) is 24.7 Å². The summed E-state index contributed by atoms with van der Waals surface area (Å²) in [5.41, 5.74) is 0.369. The first kappa shape index (κ1) is 18.6. The molecule has 1 N–H and O–H groups in total. The lowest BCUT2D eigenvalue weighted by atomic mass is 10.2. The van der Waals surface area contributed by atoms with Crippen LogP contribution in [0, 0.1) is 0 Å². The van der Waals surface area contributed by atoms with Gasteiger partial charge in [-0.1, -0.05) is 19.4 Å². The van der Waals surface area contributed by atoms with E-state index in [1.165, 1.54) is 19.2 Å². The first-order valence-electron chi connectivity index (χ1n) is 7.26. The van der Waals surface area contributed by atoms with E-state index in [-0.39, 0.29) is 24.0 Å². The monoisotopic (exact) mass is 328 g/mol. The van der Waals surface area contributed by atoms with E-state index in [0.717, 1.165) is 12.8 Å². The fourth-order valence-electron chi connectivity index (χ4n) is 1.87. The van der Waals surface area contributed by atoms with Gasteiger partial charge in [-0.05, 0) is 24.6 Å². The molecule has 0 saturated carbocycles. The van der Waals surface area contributed by atoms with Crippen molar-refractivity contribution in [2.75, 3.05) is 33.9 Å². The van der Waals surface area contributed by atoms with Crippen molar-refractivity contribution in [3.63, 3.8) is 0 Å². The Morgan fingerprint density at radius 3 is 2.73 bits per heavy atom. The highest BCUT2D eigenvalue weighted by Crippen LogP contribution is 2.13. The zero-order valence-corrected chi connectivity index (χ0v) is 14.1. The number of unbranched alkanes of at least 4 members (excludes halogenated alkanes) is 1. The van der Waals surface area contributed by atoms with Crippen molar-refractivity contribution >= 4 is 15.9 Å². The number of carbonyl (C=O) groups is 1. The van der Waals surface area contributed by atoms with E-state index in [0.29, 0.717) is 12.1 Å². The van der Waals surface area contributed by atoms with Crippen molar-refractivity contribution < 1.29 is 17.9 Å². The van der Waals surface area contributed by atoms with Crippen LogP contribution in [0.4, 0.5) is 0 Å². The van der Waals surface area contributed by atoms with E-state index >= 15 is 0 Å². The van der Waals surface area contributed by atoms with E-state index in [1.54, 1.807) is 24.1 Å². The average molecular weight is 328 g/mol. The van der Waals surface area contributed by atoms with Crippen molar-refractivity contribution in [1.29, 1.82) is 0 Å². The van der Waals surface area contributed by atoms with Crippen molar-refractivity contribution in [3.8, 4) is 0 Å². The lowest BCUT2D eigenvalue weighted by Crippen LogP contribution is -2.29. The highest BCUT2D eigenvalue weighted by atomic mass is 32.2. The van der Waals surface area contributed by atoms with Gasteiger partial charge < -0.3 is 9.64 Å². The summed E-state index contributed by atoms with van der Waals surface area (Å²) < 4.78 is 31.5. The third-order valence-electron chi connectivity index (χ3n) is 3.18. The van der Waals surface area contributed by atoms with Gasteiger partial charge in [0.2, 0.25) is 10.0 Å². The third kappa shape index (κ3) is 5.40. The first-order valence-corrected chi connectivity index (χ1v) is 8.74. The van der Waals surface area contributed by atoms with E-state index < -0.39 is 10.0 Å². The van der Waals surface area contributed by atoms with Gasteiger partial charge in [0.05, 0.1) is 11.5 Å². The standard InChI is InChI=1S/C15H24N2O4S/c1-4-5-10-17(2)15(18)13-7-6-8-14(12-13)22(19,20)16-9-11-21-3/h6-8,12,16H,4-5,9-11H2,1-3H3. The Labute approximate surface area is 132 Å². The summed E-state index contributed by atoms with van der Waals surface area (Å²) in [5.74, 6) is -0.178. The molecule has 0 heterocycles. The van der Waals surface area contributed by atoms with Gasteiger partial charge in [0.1, 0.15) is 0 Å². The smallest absolute Gasteiger partial charge is 0.253 e. The van der Waals surface area contributed by atoms with E-state index in [9.17, 15) is 13.2 Å². The Morgan fingerprint density at radius 2 is 2.09 bits per heavy atom. The van der Waals surface area contributed by atoms with Crippen LogP contribution < -0.4 is 4.72 Å². The number of nitrogens with zero attached hydrogens (tertiary/aromatic N) is 1. The number of hydrogen-bond acceptors (Lipinski definition) is 4. The maximum Gasteiger partial charge on any atom is 0.253 e. The molecule has 0 aliphatic heterocycles. The Hall–Kier alpha value is -1.44. The second-order valence-electron chi connectivity index (χ2n) is 5.00. The fraction of sp³-hybridized carbons (Fsp3) is 0.533. The molecule has 1 amide bonds. The summed E-state index contributed by atoms with van der Waals surface area (Å²) in [5, 5.41) is 0. The summed E-state index contributed by atoms with van der Waals surface area (Å²) in [4.78, 5) is 14.0. The number of rotatable bonds is 9.